The Balaban J connectivity index is 2.66. The fraction of sp³-hybridized carbons (Fsp3) is 0.533. The van der Waals surface area contributed by atoms with E-state index in [1.165, 1.54) is 11.1 Å². The van der Waals surface area contributed by atoms with Crippen molar-refractivity contribution in [3.05, 3.63) is 34.9 Å². The number of carbonyl (C=O) groups excluding carboxylic acids is 1. The zero-order chi connectivity index (χ0) is 13.9. The van der Waals surface area contributed by atoms with E-state index < -0.39 is 11.6 Å². The Morgan fingerprint density at radius 2 is 1.89 bits per heavy atom. The maximum absolute atomic E-state index is 11.8. The molecule has 0 saturated heterocycles. The average molecular weight is 249 g/mol. The average Bonchev–Trinajstić information content (AvgIpc) is 2.21. The van der Waals surface area contributed by atoms with Crippen molar-refractivity contribution in [3.63, 3.8) is 0 Å². The molecule has 0 aliphatic rings. The molecule has 1 rings (SSSR count). The van der Waals surface area contributed by atoms with Gasteiger partial charge in [0.2, 0.25) is 0 Å². The summed E-state index contributed by atoms with van der Waals surface area (Å²) in [5.41, 5.74) is 8.90. The topological polar surface area (TPSA) is 52.3 Å². The zero-order valence-electron chi connectivity index (χ0n) is 11.9. The highest BCUT2D eigenvalue weighted by Gasteiger charge is 2.22. The second-order valence-electron chi connectivity index (χ2n) is 5.76. The molecule has 100 valence electrons. The minimum atomic E-state index is -0.605. The molecule has 0 fully saturated rings. The predicted octanol–water partition coefficient (Wildman–Crippen LogP) is 2.51. The van der Waals surface area contributed by atoms with Gasteiger partial charge in [-0.1, -0.05) is 18.2 Å². The summed E-state index contributed by atoms with van der Waals surface area (Å²) < 4.78 is 5.26. The molecule has 0 bridgehead atoms. The lowest BCUT2D eigenvalue weighted by Crippen LogP contribution is -2.38. The van der Waals surface area contributed by atoms with E-state index in [0.29, 0.717) is 6.42 Å². The third-order valence-electron chi connectivity index (χ3n) is 2.74. The van der Waals surface area contributed by atoms with Gasteiger partial charge < -0.3 is 10.5 Å². The normalized spacial score (nSPS) is 13.2. The van der Waals surface area contributed by atoms with Gasteiger partial charge >= 0.3 is 5.97 Å². The van der Waals surface area contributed by atoms with Crippen molar-refractivity contribution < 1.29 is 9.53 Å². The van der Waals surface area contributed by atoms with Gasteiger partial charge in [-0.2, -0.15) is 0 Å². The van der Waals surface area contributed by atoms with Gasteiger partial charge in [-0.15, -0.1) is 0 Å². The Labute approximate surface area is 109 Å². The monoisotopic (exact) mass is 249 g/mol. The van der Waals surface area contributed by atoms with Crippen LogP contribution in [0.2, 0.25) is 0 Å². The molecule has 1 atom stereocenters. The van der Waals surface area contributed by atoms with Crippen molar-refractivity contribution in [1.82, 2.24) is 0 Å². The molecular weight excluding hydrogens is 226 g/mol. The summed E-state index contributed by atoms with van der Waals surface area (Å²) in [6.45, 7) is 9.64. The van der Waals surface area contributed by atoms with Crippen LogP contribution in [0.1, 0.15) is 37.5 Å². The van der Waals surface area contributed by atoms with Crippen LogP contribution in [-0.4, -0.2) is 17.6 Å². The smallest absolute Gasteiger partial charge is 0.323 e. The van der Waals surface area contributed by atoms with Crippen LogP contribution < -0.4 is 5.73 Å². The van der Waals surface area contributed by atoms with Gasteiger partial charge in [-0.05, 0) is 57.7 Å². The van der Waals surface area contributed by atoms with Crippen LogP contribution in [-0.2, 0) is 16.0 Å². The summed E-state index contributed by atoms with van der Waals surface area (Å²) in [5, 5.41) is 0. The molecule has 0 aliphatic heterocycles. The van der Waals surface area contributed by atoms with Gasteiger partial charge in [-0.25, -0.2) is 0 Å². The summed E-state index contributed by atoms with van der Waals surface area (Å²) in [7, 11) is 0. The van der Waals surface area contributed by atoms with E-state index in [-0.39, 0.29) is 5.97 Å². The molecule has 0 saturated carbocycles. The predicted molar refractivity (Wildman–Crippen MR) is 73.4 cm³/mol. The molecule has 0 amide bonds. The Kier molecular flexibility index (Phi) is 4.52. The lowest BCUT2D eigenvalue weighted by Gasteiger charge is -2.22. The van der Waals surface area contributed by atoms with Crippen molar-refractivity contribution in [3.8, 4) is 0 Å². The first-order chi connectivity index (χ1) is 8.19. The number of benzene rings is 1. The number of esters is 1. The molecular formula is C15H23NO2. The summed E-state index contributed by atoms with van der Waals surface area (Å²) in [4.78, 5) is 11.8. The van der Waals surface area contributed by atoms with Crippen LogP contribution in [0.4, 0.5) is 0 Å². The first-order valence-electron chi connectivity index (χ1n) is 6.23. The largest absolute Gasteiger partial charge is 0.459 e. The van der Waals surface area contributed by atoms with E-state index >= 15 is 0 Å². The number of nitrogens with two attached hydrogens (primary N) is 1. The van der Waals surface area contributed by atoms with Gasteiger partial charge in [0.05, 0.1) is 0 Å². The minimum absolute atomic E-state index is 0.347. The molecule has 3 nitrogen and oxygen atoms in total. The molecule has 0 spiro atoms. The number of rotatable bonds is 3. The van der Waals surface area contributed by atoms with Crippen LogP contribution >= 0.6 is 0 Å². The van der Waals surface area contributed by atoms with Gasteiger partial charge in [0.25, 0.3) is 0 Å². The summed E-state index contributed by atoms with van der Waals surface area (Å²) in [6, 6.07) is 5.52. The SMILES string of the molecule is Cc1ccc(C[C@H](N)C(=O)OC(C)(C)C)cc1C. The summed E-state index contributed by atoms with van der Waals surface area (Å²) in [6.07, 6.45) is 0.510. The molecule has 0 aliphatic carbocycles. The first-order valence-corrected chi connectivity index (χ1v) is 6.23. The fourth-order valence-corrected chi connectivity index (χ4v) is 1.65. The van der Waals surface area contributed by atoms with Crippen molar-refractivity contribution in [2.75, 3.05) is 0 Å². The van der Waals surface area contributed by atoms with Crippen molar-refractivity contribution in [1.29, 1.82) is 0 Å². The van der Waals surface area contributed by atoms with Crippen molar-refractivity contribution >= 4 is 5.97 Å². The van der Waals surface area contributed by atoms with E-state index in [2.05, 4.69) is 19.9 Å². The van der Waals surface area contributed by atoms with Gasteiger partial charge in [-0.3, -0.25) is 4.79 Å². The number of hydrogen-bond donors (Lipinski definition) is 1. The van der Waals surface area contributed by atoms with E-state index in [4.69, 9.17) is 10.5 Å². The van der Waals surface area contributed by atoms with Crippen LogP contribution in [0.15, 0.2) is 18.2 Å². The quantitative estimate of drug-likeness (QED) is 0.837. The Bertz CT molecular complexity index is 433. The Morgan fingerprint density at radius 1 is 1.28 bits per heavy atom. The Hall–Kier alpha value is -1.35. The lowest BCUT2D eigenvalue weighted by atomic mass is 10.0. The van der Waals surface area contributed by atoms with E-state index in [0.717, 1.165) is 5.56 Å². The van der Waals surface area contributed by atoms with Crippen LogP contribution in [0, 0.1) is 13.8 Å². The molecule has 0 unspecified atom stereocenters. The highest BCUT2D eigenvalue weighted by atomic mass is 16.6. The van der Waals surface area contributed by atoms with E-state index in [9.17, 15) is 4.79 Å². The lowest BCUT2D eigenvalue weighted by molar-refractivity contribution is -0.156. The maximum Gasteiger partial charge on any atom is 0.323 e. The van der Waals surface area contributed by atoms with E-state index in [1.54, 1.807) is 0 Å². The van der Waals surface area contributed by atoms with Crippen LogP contribution in [0.3, 0.4) is 0 Å². The van der Waals surface area contributed by atoms with Gasteiger partial charge in [0, 0.05) is 0 Å². The molecule has 0 radical (unpaired) electrons. The fourth-order valence-electron chi connectivity index (χ4n) is 1.65. The molecule has 1 aromatic rings. The zero-order valence-corrected chi connectivity index (χ0v) is 11.9. The Morgan fingerprint density at radius 3 is 2.39 bits per heavy atom. The number of hydrogen-bond acceptors (Lipinski definition) is 3. The van der Waals surface area contributed by atoms with Crippen LogP contribution in [0.25, 0.3) is 0 Å². The minimum Gasteiger partial charge on any atom is -0.459 e. The van der Waals surface area contributed by atoms with Crippen LogP contribution in [0.5, 0.6) is 0 Å². The second kappa shape index (κ2) is 5.53. The molecule has 3 heteroatoms. The molecule has 0 aromatic heterocycles. The molecule has 2 N–H and O–H groups in total. The van der Waals surface area contributed by atoms with Gasteiger partial charge in [0.1, 0.15) is 11.6 Å². The standard InChI is InChI=1S/C15H23NO2/c1-10-6-7-12(8-11(10)2)9-13(16)14(17)18-15(3,4)5/h6-8,13H,9,16H2,1-5H3/t13-/m0/s1. The van der Waals surface area contributed by atoms with Crippen molar-refractivity contribution in [2.45, 2.75) is 52.7 Å². The third kappa shape index (κ3) is 4.49. The third-order valence-corrected chi connectivity index (χ3v) is 2.74. The first kappa shape index (κ1) is 14.7. The van der Waals surface area contributed by atoms with Crippen molar-refractivity contribution in [2.24, 2.45) is 5.73 Å². The second-order valence-corrected chi connectivity index (χ2v) is 5.76. The maximum atomic E-state index is 11.8. The van der Waals surface area contributed by atoms with E-state index in [1.807, 2.05) is 32.9 Å². The molecule has 18 heavy (non-hydrogen) atoms. The van der Waals surface area contributed by atoms with Gasteiger partial charge in [0.15, 0.2) is 0 Å². The highest BCUT2D eigenvalue weighted by Crippen LogP contribution is 2.13. The molecule has 1 aromatic carbocycles. The summed E-state index contributed by atoms with van der Waals surface area (Å²) in [5.74, 6) is -0.347. The summed E-state index contributed by atoms with van der Waals surface area (Å²) >= 11 is 0. The number of ether oxygens (including phenoxy) is 1. The number of aryl methyl sites for hydroxylation is 2. The molecule has 0 heterocycles. The highest BCUT2D eigenvalue weighted by molar-refractivity contribution is 5.76. The number of carbonyl (C=O) groups is 1.